The Morgan fingerprint density at radius 1 is 1.00 bits per heavy atom. The first kappa shape index (κ1) is 19.5. The van der Waals surface area contributed by atoms with Crippen molar-refractivity contribution in [2.75, 3.05) is 18.4 Å². The van der Waals surface area contributed by atoms with Crippen LogP contribution in [0.15, 0.2) is 54.6 Å². The summed E-state index contributed by atoms with van der Waals surface area (Å²) in [7, 11) is 0. The summed E-state index contributed by atoms with van der Waals surface area (Å²) >= 11 is 0. The molecule has 0 bridgehead atoms. The Morgan fingerprint density at radius 3 is 2.19 bits per heavy atom. The Balaban J connectivity index is 1.89. The lowest BCUT2D eigenvalue weighted by atomic mass is 10.1. The highest BCUT2D eigenvalue weighted by atomic mass is 16.5. The van der Waals surface area contributed by atoms with Crippen LogP contribution in [0.1, 0.15) is 27.2 Å². The highest BCUT2D eigenvalue weighted by Crippen LogP contribution is 2.22. The summed E-state index contributed by atoms with van der Waals surface area (Å²) in [5.41, 5.74) is 0.669. The van der Waals surface area contributed by atoms with Gasteiger partial charge in [-0.3, -0.25) is 9.59 Å². The molecule has 2 amide bonds. The van der Waals surface area contributed by atoms with Gasteiger partial charge >= 0.3 is 0 Å². The summed E-state index contributed by atoms with van der Waals surface area (Å²) in [6.07, 6.45) is 0.873. The van der Waals surface area contributed by atoms with E-state index in [-0.39, 0.29) is 18.4 Å². The minimum atomic E-state index is -0.208. The van der Waals surface area contributed by atoms with Crippen LogP contribution in [0.4, 0.5) is 5.69 Å². The number of para-hydroxylation sites is 1. The smallest absolute Gasteiger partial charge is 0.243 e. The number of amides is 2. The van der Waals surface area contributed by atoms with Crippen molar-refractivity contribution in [1.29, 1.82) is 0 Å². The molecule has 2 aromatic rings. The molecular weight excluding hydrogens is 328 g/mol. The van der Waals surface area contributed by atoms with Gasteiger partial charge in [-0.2, -0.15) is 0 Å². The predicted molar refractivity (Wildman–Crippen MR) is 103 cm³/mol. The van der Waals surface area contributed by atoms with Crippen LogP contribution in [0.2, 0.25) is 0 Å². The lowest BCUT2D eigenvalue weighted by Gasteiger charge is -2.21. The zero-order valence-electron chi connectivity index (χ0n) is 15.6. The molecule has 0 saturated carbocycles. The lowest BCUT2D eigenvalue weighted by molar-refractivity contribution is -0.132. The molecule has 0 aliphatic rings. The second kappa shape index (κ2) is 9.61. The molecule has 0 heterocycles. The van der Waals surface area contributed by atoms with Crippen molar-refractivity contribution in [3.05, 3.63) is 54.6 Å². The van der Waals surface area contributed by atoms with E-state index in [9.17, 15) is 9.59 Å². The van der Waals surface area contributed by atoms with Crippen molar-refractivity contribution >= 4 is 17.5 Å². The molecule has 0 aliphatic heterocycles. The van der Waals surface area contributed by atoms with Gasteiger partial charge in [-0.15, -0.1) is 0 Å². The Labute approximate surface area is 155 Å². The topological polar surface area (TPSA) is 58.6 Å². The van der Waals surface area contributed by atoms with Gasteiger partial charge in [0.15, 0.2) is 0 Å². The number of hydrogen-bond acceptors (Lipinski definition) is 3. The van der Waals surface area contributed by atoms with Crippen molar-refractivity contribution in [3.63, 3.8) is 0 Å². The van der Waals surface area contributed by atoms with Crippen molar-refractivity contribution in [3.8, 4) is 11.5 Å². The summed E-state index contributed by atoms with van der Waals surface area (Å²) in [4.78, 5) is 25.5. The van der Waals surface area contributed by atoms with Gasteiger partial charge in [0.2, 0.25) is 11.8 Å². The van der Waals surface area contributed by atoms with Gasteiger partial charge in [-0.25, -0.2) is 0 Å². The number of hydrogen-bond donors (Lipinski definition) is 1. The second-order valence-corrected chi connectivity index (χ2v) is 6.61. The van der Waals surface area contributed by atoms with Crippen LogP contribution < -0.4 is 10.1 Å². The number of carbonyl (C=O) groups is 2. The minimum absolute atomic E-state index is 0.0598. The van der Waals surface area contributed by atoms with E-state index in [1.807, 2.05) is 30.3 Å². The molecule has 0 fully saturated rings. The highest BCUT2D eigenvalue weighted by Gasteiger charge is 2.14. The molecule has 0 aromatic heterocycles. The van der Waals surface area contributed by atoms with E-state index in [0.29, 0.717) is 23.9 Å². The molecule has 26 heavy (non-hydrogen) atoms. The van der Waals surface area contributed by atoms with E-state index < -0.39 is 0 Å². The summed E-state index contributed by atoms with van der Waals surface area (Å²) in [5.74, 6) is 1.63. The van der Waals surface area contributed by atoms with Crippen LogP contribution in [0.5, 0.6) is 11.5 Å². The van der Waals surface area contributed by atoms with Crippen LogP contribution in [-0.2, 0) is 9.59 Å². The molecule has 5 nitrogen and oxygen atoms in total. The van der Waals surface area contributed by atoms with Crippen molar-refractivity contribution in [2.45, 2.75) is 27.2 Å². The molecule has 138 valence electrons. The number of benzene rings is 2. The normalized spacial score (nSPS) is 10.5. The van der Waals surface area contributed by atoms with Crippen LogP contribution in [-0.4, -0.2) is 29.8 Å². The average Bonchev–Trinajstić information content (AvgIpc) is 2.61. The van der Waals surface area contributed by atoms with Gasteiger partial charge in [0.05, 0.1) is 6.54 Å². The maximum Gasteiger partial charge on any atom is 0.243 e. The molecule has 0 aliphatic carbocycles. The number of nitrogens with zero attached hydrogens (tertiary/aromatic N) is 1. The van der Waals surface area contributed by atoms with Crippen molar-refractivity contribution in [2.24, 2.45) is 5.92 Å². The molecule has 0 saturated heterocycles. The van der Waals surface area contributed by atoms with E-state index in [1.54, 1.807) is 29.2 Å². The van der Waals surface area contributed by atoms with Crippen LogP contribution in [0.25, 0.3) is 0 Å². The maximum absolute atomic E-state index is 12.2. The van der Waals surface area contributed by atoms with Gasteiger partial charge in [0.1, 0.15) is 11.5 Å². The highest BCUT2D eigenvalue weighted by molar-refractivity contribution is 5.94. The summed E-state index contributed by atoms with van der Waals surface area (Å²) in [6.45, 7) is 6.33. The summed E-state index contributed by atoms with van der Waals surface area (Å²) < 4.78 is 5.72. The first-order valence-electron chi connectivity index (χ1n) is 8.82. The Bertz CT molecular complexity index is 712. The van der Waals surface area contributed by atoms with Crippen molar-refractivity contribution in [1.82, 2.24) is 4.90 Å². The molecule has 0 unspecified atom stereocenters. The fraction of sp³-hybridized carbons (Fsp3) is 0.333. The predicted octanol–water partition coefficient (Wildman–Crippen LogP) is 4.31. The second-order valence-electron chi connectivity index (χ2n) is 6.61. The quantitative estimate of drug-likeness (QED) is 0.768. The zero-order valence-corrected chi connectivity index (χ0v) is 15.6. The van der Waals surface area contributed by atoms with E-state index in [0.717, 1.165) is 12.2 Å². The molecule has 1 N–H and O–H groups in total. The van der Waals surface area contributed by atoms with Gasteiger partial charge in [0.25, 0.3) is 0 Å². The molecule has 0 spiro atoms. The summed E-state index contributed by atoms with van der Waals surface area (Å²) in [6, 6.07) is 16.6. The standard InChI is InChI=1S/C21H26N2O3/c1-16(2)13-14-23(17(3)24)15-21(25)22-18-9-11-20(12-10-18)26-19-7-5-4-6-8-19/h4-12,16H,13-15H2,1-3H3,(H,22,25). The van der Waals surface area contributed by atoms with Crippen LogP contribution in [0.3, 0.4) is 0 Å². The molecule has 0 atom stereocenters. The van der Waals surface area contributed by atoms with E-state index >= 15 is 0 Å². The average molecular weight is 354 g/mol. The zero-order chi connectivity index (χ0) is 18.9. The number of carbonyl (C=O) groups excluding carboxylic acids is 2. The Kier molecular flexibility index (Phi) is 7.21. The lowest BCUT2D eigenvalue weighted by Crippen LogP contribution is -2.37. The molecule has 2 aromatic carbocycles. The number of nitrogens with one attached hydrogen (secondary N) is 1. The van der Waals surface area contributed by atoms with Gasteiger partial charge in [-0.1, -0.05) is 32.0 Å². The van der Waals surface area contributed by atoms with Gasteiger partial charge in [0, 0.05) is 19.2 Å². The monoisotopic (exact) mass is 354 g/mol. The van der Waals surface area contributed by atoms with Crippen molar-refractivity contribution < 1.29 is 14.3 Å². The van der Waals surface area contributed by atoms with Crippen LogP contribution in [0, 0.1) is 5.92 Å². The van der Waals surface area contributed by atoms with Crippen LogP contribution >= 0.6 is 0 Å². The number of rotatable bonds is 8. The number of ether oxygens (including phenoxy) is 1. The maximum atomic E-state index is 12.2. The van der Waals surface area contributed by atoms with Gasteiger partial charge in [-0.05, 0) is 48.7 Å². The largest absolute Gasteiger partial charge is 0.457 e. The van der Waals surface area contributed by atoms with Gasteiger partial charge < -0.3 is 15.0 Å². The third-order valence-corrected chi connectivity index (χ3v) is 3.87. The third kappa shape index (κ3) is 6.59. The fourth-order valence-corrected chi connectivity index (χ4v) is 2.37. The SMILES string of the molecule is CC(=O)N(CCC(C)C)CC(=O)Nc1ccc(Oc2ccccc2)cc1. The molecule has 2 rings (SSSR count). The third-order valence-electron chi connectivity index (χ3n) is 3.87. The first-order valence-corrected chi connectivity index (χ1v) is 8.82. The minimum Gasteiger partial charge on any atom is -0.457 e. The molecule has 5 heteroatoms. The summed E-state index contributed by atoms with van der Waals surface area (Å²) in [5, 5.41) is 2.82. The fourth-order valence-electron chi connectivity index (χ4n) is 2.37. The first-order chi connectivity index (χ1) is 12.4. The van der Waals surface area contributed by atoms with E-state index in [4.69, 9.17) is 4.74 Å². The Hall–Kier alpha value is -2.82. The molecular formula is C21H26N2O3. The Morgan fingerprint density at radius 2 is 1.62 bits per heavy atom. The number of anilines is 1. The van der Waals surface area contributed by atoms with E-state index in [1.165, 1.54) is 6.92 Å². The molecule has 0 radical (unpaired) electrons. The van der Waals surface area contributed by atoms with E-state index in [2.05, 4.69) is 19.2 Å².